The number of nitrogens with zero attached hydrogens (tertiary/aromatic N) is 3. The van der Waals surface area contributed by atoms with Crippen LogP contribution in [0.4, 0.5) is 0 Å². The first-order chi connectivity index (χ1) is 15.0. The topological polar surface area (TPSA) is 87.3 Å². The number of para-hydroxylation sites is 1. The van der Waals surface area contributed by atoms with Crippen molar-refractivity contribution in [1.29, 1.82) is 5.41 Å². The molecule has 0 spiro atoms. The number of amides is 1. The Labute approximate surface area is 185 Å². The van der Waals surface area contributed by atoms with E-state index in [1.165, 1.54) is 16.8 Å². The van der Waals surface area contributed by atoms with Crippen LogP contribution in [0.1, 0.15) is 19.4 Å². The lowest BCUT2D eigenvalue weighted by atomic mass is 10.1. The van der Waals surface area contributed by atoms with Crippen molar-refractivity contribution in [3.8, 4) is 11.5 Å². The number of benzene rings is 2. The molecule has 0 saturated carbocycles. The number of carbonyl (C=O) groups is 1. The Balaban J connectivity index is 1.43. The van der Waals surface area contributed by atoms with Crippen LogP contribution in [0.2, 0.25) is 0 Å². The molecule has 0 atom stereocenters. The van der Waals surface area contributed by atoms with E-state index in [2.05, 4.69) is 10.1 Å². The molecule has 0 saturated heterocycles. The minimum Gasteiger partial charge on any atom is -0.490 e. The van der Waals surface area contributed by atoms with Crippen molar-refractivity contribution in [3.63, 3.8) is 0 Å². The van der Waals surface area contributed by atoms with Crippen LogP contribution in [0.15, 0.2) is 70.3 Å². The monoisotopic (exact) mass is 434 g/mol. The second-order valence-corrected chi connectivity index (χ2v) is 8.18. The molecule has 0 aromatic heterocycles. The summed E-state index contributed by atoms with van der Waals surface area (Å²) in [4.78, 5) is 16.6. The Bertz CT molecular complexity index is 1090. The molecule has 0 unspecified atom stereocenters. The van der Waals surface area contributed by atoms with Gasteiger partial charge in [-0.1, -0.05) is 44.2 Å². The SMILES string of the molecule is CC(C)C1=NN2C(=N)/C(=C/c3cccc(OCCOc4ccccc4)c3)C(=O)N=C2S1. The van der Waals surface area contributed by atoms with Crippen LogP contribution in [-0.4, -0.2) is 40.2 Å². The number of ether oxygens (including phenoxy) is 2. The van der Waals surface area contributed by atoms with E-state index in [9.17, 15) is 4.79 Å². The van der Waals surface area contributed by atoms with Crippen LogP contribution >= 0.6 is 11.8 Å². The van der Waals surface area contributed by atoms with Gasteiger partial charge in [0.1, 0.15) is 29.8 Å². The third-order valence-corrected chi connectivity index (χ3v) is 5.71. The number of thioether (sulfide) groups is 1. The molecule has 0 bridgehead atoms. The minimum atomic E-state index is -0.438. The van der Waals surface area contributed by atoms with Crippen molar-refractivity contribution in [2.75, 3.05) is 13.2 Å². The van der Waals surface area contributed by atoms with Crippen LogP contribution in [-0.2, 0) is 4.79 Å². The molecule has 7 nitrogen and oxygen atoms in total. The maximum Gasteiger partial charge on any atom is 0.283 e. The van der Waals surface area contributed by atoms with Crippen molar-refractivity contribution in [3.05, 3.63) is 65.7 Å². The maximum atomic E-state index is 12.5. The number of rotatable bonds is 7. The second kappa shape index (κ2) is 9.18. The summed E-state index contributed by atoms with van der Waals surface area (Å²) in [7, 11) is 0. The second-order valence-electron chi connectivity index (χ2n) is 7.20. The van der Waals surface area contributed by atoms with Crippen LogP contribution in [0.25, 0.3) is 6.08 Å². The van der Waals surface area contributed by atoms with Crippen LogP contribution < -0.4 is 9.47 Å². The van der Waals surface area contributed by atoms with E-state index in [1.807, 2.05) is 68.4 Å². The molecule has 2 aliphatic heterocycles. The molecule has 0 aliphatic carbocycles. The molecule has 0 radical (unpaired) electrons. The van der Waals surface area contributed by atoms with Crippen molar-refractivity contribution in [2.45, 2.75) is 13.8 Å². The van der Waals surface area contributed by atoms with Gasteiger partial charge in [0.05, 0.1) is 5.57 Å². The maximum absolute atomic E-state index is 12.5. The number of carbonyl (C=O) groups excluding carboxylic acids is 1. The molecule has 2 aromatic carbocycles. The van der Waals surface area contributed by atoms with Gasteiger partial charge in [-0.25, -0.2) is 0 Å². The Morgan fingerprint density at radius 2 is 1.77 bits per heavy atom. The fourth-order valence-electron chi connectivity index (χ4n) is 2.94. The van der Waals surface area contributed by atoms with Gasteiger partial charge in [-0.05, 0) is 47.7 Å². The number of fused-ring (bicyclic) bond motifs is 1. The van der Waals surface area contributed by atoms with E-state index >= 15 is 0 Å². The molecule has 8 heteroatoms. The first kappa shape index (κ1) is 20.9. The first-order valence-electron chi connectivity index (χ1n) is 9.92. The molecular weight excluding hydrogens is 412 g/mol. The number of amidine groups is 2. The van der Waals surface area contributed by atoms with E-state index in [1.54, 1.807) is 6.08 Å². The lowest BCUT2D eigenvalue weighted by Gasteiger charge is -2.20. The molecule has 1 N–H and O–H groups in total. The van der Waals surface area contributed by atoms with E-state index in [4.69, 9.17) is 14.9 Å². The summed E-state index contributed by atoms with van der Waals surface area (Å²) >= 11 is 1.34. The molecular formula is C23H22N4O3S. The smallest absolute Gasteiger partial charge is 0.283 e. The fourth-order valence-corrected chi connectivity index (χ4v) is 3.83. The van der Waals surface area contributed by atoms with E-state index in [-0.39, 0.29) is 17.3 Å². The summed E-state index contributed by atoms with van der Waals surface area (Å²) < 4.78 is 11.4. The highest BCUT2D eigenvalue weighted by Gasteiger charge is 2.36. The number of hydrogen-bond donors (Lipinski definition) is 1. The molecule has 2 aliphatic rings. The first-order valence-corrected chi connectivity index (χ1v) is 10.7. The molecule has 158 valence electrons. The summed E-state index contributed by atoms with van der Waals surface area (Å²) in [5.41, 5.74) is 0.941. The quantitative estimate of drug-likeness (QED) is 0.515. The number of aliphatic imine (C=N–C) groups is 1. The van der Waals surface area contributed by atoms with Gasteiger partial charge in [0.15, 0.2) is 5.84 Å². The molecule has 31 heavy (non-hydrogen) atoms. The predicted molar refractivity (Wildman–Crippen MR) is 124 cm³/mol. The number of hydrogen-bond acceptors (Lipinski definition) is 6. The molecule has 2 aromatic rings. The average Bonchev–Trinajstić information content (AvgIpc) is 3.20. The van der Waals surface area contributed by atoms with Crippen LogP contribution in [0.5, 0.6) is 11.5 Å². The highest BCUT2D eigenvalue weighted by atomic mass is 32.2. The molecule has 4 rings (SSSR count). The summed E-state index contributed by atoms with van der Waals surface area (Å²) in [6.07, 6.45) is 1.64. The largest absolute Gasteiger partial charge is 0.490 e. The van der Waals surface area contributed by atoms with Gasteiger partial charge in [0, 0.05) is 5.92 Å². The third-order valence-electron chi connectivity index (χ3n) is 4.50. The summed E-state index contributed by atoms with van der Waals surface area (Å²) in [6, 6.07) is 16.9. The Kier molecular flexibility index (Phi) is 6.18. The fraction of sp³-hybridized carbons (Fsp3) is 0.217. The summed E-state index contributed by atoms with van der Waals surface area (Å²) in [5, 5.41) is 15.6. The zero-order valence-corrected chi connectivity index (χ0v) is 18.1. The summed E-state index contributed by atoms with van der Waals surface area (Å²) in [6.45, 7) is 4.83. The molecule has 0 fully saturated rings. The van der Waals surface area contributed by atoms with E-state index in [0.717, 1.165) is 16.4 Å². The number of hydrazone groups is 1. The molecule has 1 amide bonds. The van der Waals surface area contributed by atoms with Crippen molar-refractivity contribution < 1.29 is 14.3 Å². The zero-order valence-electron chi connectivity index (χ0n) is 17.2. The predicted octanol–water partition coefficient (Wildman–Crippen LogP) is 4.42. The lowest BCUT2D eigenvalue weighted by Crippen LogP contribution is -2.35. The van der Waals surface area contributed by atoms with Gasteiger partial charge in [-0.15, -0.1) is 0 Å². The van der Waals surface area contributed by atoms with Crippen LogP contribution in [0.3, 0.4) is 0 Å². The van der Waals surface area contributed by atoms with Crippen molar-refractivity contribution in [2.24, 2.45) is 16.0 Å². The minimum absolute atomic E-state index is 0.0285. The van der Waals surface area contributed by atoms with Gasteiger partial charge in [0.25, 0.3) is 5.91 Å². The van der Waals surface area contributed by atoms with Gasteiger partial charge in [0.2, 0.25) is 5.17 Å². The normalized spacial score (nSPS) is 17.0. The standard InChI is InChI=1S/C23H22N4O3S/c1-15(2)22-26-27-20(24)19(21(28)25-23(27)31-22)14-16-7-6-10-18(13-16)30-12-11-29-17-8-4-3-5-9-17/h3-10,13-15,24H,11-12H2,1-2H3/b19-14-,24-20?. The van der Waals surface area contributed by atoms with Crippen molar-refractivity contribution >= 4 is 39.8 Å². The Hall–Kier alpha value is -3.39. The van der Waals surface area contributed by atoms with Crippen molar-refractivity contribution in [1.82, 2.24) is 5.01 Å². The van der Waals surface area contributed by atoms with E-state index < -0.39 is 5.91 Å². The average molecular weight is 435 g/mol. The highest BCUT2D eigenvalue weighted by molar-refractivity contribution is 8.27. The highest BCUT2D eigenvalue weighted by Crippen LogP contribution is 2.31. The van der Waals surface area contributed by atoms with Gasteiger partial charge < -0.3 is 9.47 Å². The summed E-state index contributed by atoms with van der Waals surface area (Å²) in [5.74, 6) is 1.24. The van der Waals surface area contributed by atoms with E-state index in [0.29, 0.717) is 24.1 Å². The van der Waals surface area contributed by atoms with Gasteiger partial charge in [-0.2, -0.15) is 15.1 Å². The van der Waals surface area contributed by atoms with Gasteiger partial charge in [-0.3, -0.25) is 10.2 Å². The van der Waals surface area contributed by atoms with Gasteiger partial charge >= 0.3 is 0 Å². The lowest BCUT2D eigenvalue weighted by molar-refractivity contribution is -0.114. The number of nitrogens with one attached hydrogen (secondary N) is 1. The Morgan fingerprint density at radius 1 is 1.06 bits per heavy atom. The van der Waals surface area contributed by atoms with Crippen LogP contribution in [0, 0.1) is 11.3 Å². The molecule has 2 heterocycles. The third kappa shape index (κ3) is 4.86. The zero-order chi connectivity index (χ0) is 21.8. The Morgan fingerprint density at radius 3 is 2.52 bits per heavy atom.